The van der Waals surface area contributed by atoms with Gasteiger partial charge in [0.05, 0.1) is 39.7 Å². The van der Waals surface area contributed by atoms with Gasteiger partial charge in [0.2, 0.25) is 5.78 Å². The van der Waals surface area contributed by atoms with Crippen molar-refractivity contribution in [2.45, 2.75) is 51.7 Å². The molecule has 4 N–H and O–H groups in total. The number of nitrogens with one attached hydrogen (secondary N) is 2. The number of hydrogen-bond donors (Lipinski definition) is 3. The first-order chi connectivity index (χ1) is 19.0. The number of nitrogens with two attached hydrogens (primary N) is 1. The molecule has 11 heteroatoms. The number of aryl methyl sites for hydroxylation is 1. The van der Waals surface area contributed by atoms with Gasteiger partial charge < -0.3 is 20.6 Å². The monoisotopic (exact) mass is 549 g/mol. The molecule has 1 fully saturated rings. The van der Waals surface area contributed by atoms with Crippen molar-refractivity contribution in [3.8, 4) is 5.69 Å². The van der Waals surface area contributed by atoms with Gasteiger partial charge in [-0.1, -0.05) is 0 Å². The predicted molar refractivity (Wildman–Crippen MR) is 148 cm³/mol. The first-order valence-electron chi connectivity index (χ1n) is 13.3. The molecule has 0 radical (unpaired) electrons. The fourth-order valence-electron chi connectivity index (χ4n) is 5.77. The van der Waals surface area contributed by atoms with E-state index in [1.807, 2.05) is 25.1 Å². The maximum absolute atomic E-state index is 14.2. The molecular formula is C29H30F3N7O. The normalized spacial score (nSPS) is 15.6. The lowest BCUT2D eigenvalue weighted by molar-refractivity contribution is -0.138. The third-order valence-electron chi connectivity index (χ3n) is 7.92. The van der Waals surface area contributed by atoms with Gasteiger partial charge in [-0.25, -0.2) is 9.67 Å². The van der Waals surface area contributed by atoms with Crippen LogP contribution in [0, 0.1) is 6.92 Å². The van der Waals surface area contributed by atoms with Crippen LogP contribution in [0.1, 0.15) is 65.6 Å². The zero-order valence-corrected chi connectivity index (χ0v) is 22.4. The molecule has 1 saturated heterocycles. The van der Waals surface area contributed by atoms with Crippen molar-refractivity contribution >= 4 is 33.5 Å². The summed E-state index contributed by atoms with van der Waals surface area (Å²) >= 11 is 0. The summed E-state index contributed by atoms with van der Waals surface area (Å²) < 4.78 is 43.9. The van der Waals surface area contributed by atoms with E-state index in [4.69, 9.17) is 5.73 Å². The number of nitrogen functional groups attached to an aromatic ring is 1. The molecule has 0 aliphatic carbocycles. The minimum atomic E-state index is -4.51. The molecule has 0 unspecified atom stereocenters. The van der Waals surface area contributed by atoms with E-state index >= 15 is 0 Å². The van der Waals surface area contributed by atoms with Crippen molar-refractivity contribution in [3.05, 3.63) is 70.8 Å². The predicted octanol–water partition coefficient (Wildman–Crippen LogP) is 5.96. The molecule has 208 valence electrons. The minimum Gasteiger partial charge on any atom is -0.383 e. The van der Waals surface area contributed by atoms with E-state index in [9.17, 15) is 18.0 Å². The number of aromatic amines is 2. The quantitative estimate of drug-likeness (QED) is 0.235. The first-order valence-corrected chi connectivity index (χ1v) is 13.3. The molecular weight excluding hydrogens is 519 g/mol. The number of benzene rings is 2. The number of alkyl halides is 3. The molecule has 6 rings (SSSR count). The number of fused-ring (bicyclic) bond motifs is 2. The third-order valence-corrected chi connectivity index (χ3v) is 7.92. The molecule has 0 saturated carbocycles. The number of piperidine rings is 1. The second-order valence-electron chi connectivity index (χ2n) is 10.8. The molecule has 40 heavy (non-hydrogen) atoms. The van der Waals surface area contributed by atoms with Crippen LogP contribution in [0.5, 0.6) is 0 Å². The van der Waals surface area contributed by atoms with Crippen LogP contribution in [-0.4, -0.2) is 54.5 Å². The van der Waals surface area contributed by atoms with Crippen LogP contribution in [0.3, 0.4) is 0 Å². The Morgan fingerprint density at radius 2 is 1.82 bits per heavy atom. The zero-order valence-electron chi connectivity index (χ0n) is 22.4. The Hall–Kier alpha value is -4.12. The van der Waals surface area contributed by atoms with E-state index in [1.54, 1.807) is 12.1 Å². The average Bonchev–Trinajstić information content (AvgIpc) is 3.61. The van der Waals surface area contributed by atoms with E-state index in [2.05, 4.69) is 38.8 Å². The molecule has 0 spiro atoms. The van der Waals surface area contributed by atoms with Gasteiger partial charge in [-0.05, 0) is 94.6 Å². The number of hydrogen-bond acceptors (Lipinski definition) is 5. The molecule has 0 amide bonds. The fraction of sp³-hybridized carbons (Fsp3) is 0.345. The number of likely N-dealkylation sites (tertiary alicyclic amines) is 1. The highest BCUT2D eigenvalue weighted by molar-refractivity contribution is 6.12. The van der Waals surface area contributed by atoms with Crippen molar-refractivity contribution in [1.82, 2.24) is 29.6 Å². The van der Waals surface area contributed by atoms with Crippen molar-refractivity contribution in [1.29, 1.82) is 0 Å². The Morgan fingerprint density at radius 1 is 1.07 bits per heavy atom. The Balaban J connectivity index is 1.33. The van der Waals surface area contributed by atoms with E-state index in [1.165, 1.54) is 10.9 Å². The molecule has 0 atom stereocenters. The highest BCUT2D eigenvalue weighted by Gasteiger charge is 2.37. The van der Waals surface area contributed by atoms with Gasteiger partial charge in [-0.15, -0.1) is 0 Å². The number of carbonyl (C=O) groups excluding carboxylic acids is 1. The van der Waals surface area contributed by atoms with Crippen LogP contribution in [0.25, 0.3) is 27.6 Å². The fourth-order valence-corrected chi connectivity index (χ4v) is 5.77. The lowest BCUT2D eigenvalue weighted by Crippen LogP contribution is -2.38. The third kappa shape index (κ3) is 4.53. The topological polar surface area (TPSA) is 109 Å². The highest BCUT2D eigenvalue weighted by atomic mass is 19.4. The van der Waals surface area contributed by atoms with Gasteiger partial charge in [-0.2, -0.15) is 18.3 Å². The van der Waals surface area contributed by atoms with Gasteiger partial charge in [0.1, 0.15) is 11.6 Å². The van der Waals surface area contributed by atoms with Crippen molar-refractivity contribution in [2.75, 3.05) is 18.8 Å². The number of nitrogens with zero attached hydrogens (tertiary/aromatic N) is 4. The summed E-state index contributed by atoms with van der Waals surface area (Å²) in [5.74, 6) is 0.253. The summed E-state index contributed by atoms with van der Waals surface area (Å²) in [7, 11) is 0. The molecule has 5 aromatic rings. The second kappa shape index (κ2) is 9.51. The number of rotatable bonds is 5. The number of H-pyrrole nitrogens is 2. The van der Waals surface area contributed by atoms with Crippen LogP contribution in [0.15, 0.2) is 42.6 Å². The number of carbonyl (C=O) groups is 1. The standard InChI is InChI=1S/C29H30F3N7O/c1-15(2)38-8-6-17(7-9-38)20-10-18-11-26(37-24(18)13-22(20)29(30,31)32)27(40)21-14-34-39(28(21)33)19-4-5-23-25(12-19)36-16(3)35-23/h4-5,10-15,17,37H,6-9,33H2,1-3H3,(H,35,36). The molecule has 1 aliphatic heterocycles. The minimum absolute atomic E-state index is 0.129. The van der Waals surface area contributed by atoms with Gasteiger partial charge in [0.15, 0.2) is 0 Å². The van der Waals surface area contributed by atoms with Crippen LogP contribution in [-0.2, 0) is 6.18 Å². The summed E-state index contributed by atoms with van der Waals surface area (Å²) in [6.07, 6.45) is -1.82. The molecule has 3 aromatic heterocycles. The second-order valence-corrected chi connectivity index (χ2v) is 10.8. The number of halogens is 3. The summed E-state index contributed by atoms with van der Waals surface area (Å²) in [6, 6.07) is 10.2. The van der Waals surface area contributed by atoms with E-state index < -0.39 is 17.5 Å². The van der Waals surface area contributed by atoms with Crippen LogP contribution in [0.2, 0.25) is 0 Å². The van der Waals surface area contributed by atoms with E-state index in [-0.39, 0.29) is 34.1 Å². The number of imidazole rings is 1. The maximum Gasteiger partial charge on any atom is 0.416 e. The molecule has 8 nitrogen and oxygen atoms in total. The smallest absolute Gasteiger partial charge is 0.383 e. The molecule has 4 heterocycles. The van der Waals surface area contributed by atoms with Crippen LogP contribution >= 0.6 is 0 Å². The SMILES string of the molecule is Cc1nc2cc(-n3ncc(C(=O)c4cc5cc(C6CCN(C(C)C)CC6)c(C(F)(F)F)cc5[nH]4)c3N)ccc2[nH]1. The molecule has 2 aromatic carbocycles. The summed E-state index contributed by atoms with van der Waals surface area (Å²) in [5, 5.41) is 4.86. The lowest BCUT2D eigenvalue weighted by atomic mass is 9.85. The van der Waals surface area contributed by atoms with Gasteiger partial charge >= 0.3 is 6.18 Å². The molecule has 1 aliphatic rings. The number of ketones is 1. The maximum atomic E-state index is 14.2. The Morgan fingerprint density at radius 3 is 2.52 bits per heavy atom. The Labute approximate surface area is 228 Å². The zero-order chi connectivity index (χ0) is 28.3. The Bertz CT molecular complexity index is 1740. The number of aromatic nitrogens is 5. The van der Waals surface area contributed by atoms with Gasteiger partial charge in [0, 0.05) is 16.9 Å². The van der Waals surface area contributed by atoms with E-state index in [0.29, 0.717) is 30.0 Å². The highest BCUT2D eigenvalue weighted by Crippen LogP contribution is 2.41. The van der Waals surface area contributed by atoms with E-state index in [0.717, 1.165) is 36.0 Å². The van der Waals surface area contributed by atoms with Crippen LogP contribution < -0.4 is 5.73 Å². The van der Waals surface area contributed by atoms with Crippen molar-refractivity contribution < 1.29 is 18.0 Å². The number of anilines is 1. The summed E-state index contributed by atoms with van der Waals surface area (Å²) in [5.41, 5.74) is 8.77. The summed E-state index contributed by atoms with van der Waals surface area (Å²) in [6.45, 7) is 7.56. The average molecular weight is 550 g/mol. The van der Waals surface area contributed by atoms with Crippen LogP contribution in [0.4, 0.5) is 19.0 Å². The Kier molecular flexibility index (Phi) is 6.21. The van der Waals surface area contributed by atoms with Crippen molar-refractivity contribution in [3.63, 3.8) is 0 Å². The van der Waals surface area contributed by atoms with Crippen molar-refractivity contribution in [2.24, 2.45) is 0 Å². The van der Waals surface area contributed by atoms with Gasteiger partial charge in [0.25, 0.3) is 0 Å². The lowest BCUT2D eigenvalue weighted by Gasteiger charge is -2.35. The molecule has 0 bridgehead atoms. The van der Waals surface area contributed by atoms with Gasteiger partial charge in [-0.3, -0.25) is 4.79 Å². The first kappa shape index (κ1) is 26.1. The summed E-state index contributed by atoms with van der Waals surface area (Å²) in [4.78, 5) is 26.2. The largest absolute Gasteiger partial charge is 0.416 e.